The van der Waals surface area contributed by atoms with Crippen LogP contribution in [0, 0.1) is 20.6 Å². The zero-order valence-corrected chi connectivity index (χ0v) is 12.4. The molecule has 0 fully saturated rings. The average molecular weight is 369 g/mol. The molecule has 5 nitrogen and oxygen atoms in total. The number of anilines is 1. The van der Waals surface area contributed by atoms with Crippen LogP contribution in [0.3, 0.4) is 0 Å². The van der Waals surface area contributed by atoms with Crippen LogP contribution in [-0.2, 0) is 6.54 Å². The number of pyridine rings is 1. The van der Waals surface area contributed by atoms with Crippen LogP contribution in [0.2, 0.25) is 0 Å². The Hall–Kier alpha value is -1.70. The lowest BCUT2D eigenvalue weighted by Gasteiger charge is -2.07. The van der Waals surface area contributed by atoms with Gasteiger partial charge in [-0.05, 0) is 53.8 Å². The summed E-state index contributed by atoms with van der Waals surface area (Å²) in [5.74, 6) is 0. The van der Waals surface area contributed by atoms with Crippen molar-refractivity contribution in [3.63, 3.8) is 0 Å². The predicted octanol–water partition coefficient (Wildman–Crippen LogP) is 3.51. The van der Waals surface area contributed by atoms with Crippen molar-refractivity contribution in [2.75, 3.05) is 5.32 Å². The van der Waals surface area contributed by atoms with E-state index in [4.69, 9.17) is 0 Å². The molecule has 0 saturated carbocycles. The first-order chi connectivity index (χ1) is 9.06. The van der Waals surface area contributed by atoms with E-state index >= 15 is 0 Å². The lowest BCUT2D eigenvalue weighted by molar-refractivity contribution is -0.384. The van der Waals surface area contributed by atoms with E-state index in [2.05, 4.69) is 32.9 Å². The van der Waals surface area contributed by atoms with Gasteiger partial charge in [-0.3, -0.25) is 15.1 Å². The van der Waals surface area contributed by atoms with E-state index in [1.54, 1.807) is 12.1 Å². The maximum Gasteiger partial charge on any atom is 0.293 e. The van der Waals surface area contributed by atoms with Crippen molar-refractivity contribution in [1.29, 1.82) is 0 Å². The standard InChI is InChI=1S/C13H12IN3O2/c1-9-3-2-4-11(16-9)8-15-12-6-5-10(14)7-13(12)17(18)19/h2-7,15H,8H2,1H3. The van der Waals surface area contributed by atoms with Crippen molar-refractivity contribution in [2.24, 2.45) is 0 Å². The largest absolute Gasteiger partial charge is 0.374 e. The van der Waals surface area contributed by atoms with E-state index in [1.165, 1.54) is 0 Å². The summed E-state index contributed by atoms with van der Waals surface area (Å²) in [6.07, 6.45) is 0. The second-order valence-electron chi connectivity index (χ2n) is 4.04. The summed E-state index contributed by atoms with van der Waals surface area (Å²) in [5.41, 5.74) is 2.37. The Balaban J connectivity index is 2.17. The molecule has 0 aliphatic carbocycles. The highest BCUT2D eigenvalue weighted by atomic mass is 127. The fraction of sp³-hybridized carbons (Fsp3) is 0.154. The first kappa shape index (κ1) is 13.7. The number of hydrogen-bond donors (Lipinski definition) is 1. The number of hydrogen-bond acceptors (Lipinski definition) is 4. The van der Waals surface area contributed by atoms with Gasteiger partial charge in [0.05, 0.1) is 17.2 Å². The second kappa shape index (κ2) is 5.96. The van der Waals surface area contributed by atoms with Crippen LogP contribution >= 0.6 is 22.6 Å². The molecule has 0 aliphatic heterocycles. The highest BCUT2D eigenvalue weighted by Crippen LogP contribution is 2.26. The van der Waals surface area contributed by atoms with Gasteiger partial charge in [-0.1, -0.05) is 6.07 Å². The van der Waals surface area contributed by atoms with Crippen molar-refractivity contribution in [3.8, 4) is 0 Å². The van der Waals surface area contributed by atoms with Gasteiger partial charge in [-0.2, -0.15) is 0 Å². The molecule has 1 aromatic heterocycles. The van der Waals surface area contributed by atoms with Gasteiger partial charge in [0.25, 0.3) is 5.69 Å². The minimum atomic E-state index is -0.381. The monoisotopic (exact) mass is 369 g/mol. The van der Waals surface area contributed by atoms with Gasteiger partial charge in [-0.15, -0.1) is 0 Å². The first-order valence-corrected chi connectivity index (χ1v) is 6.74. The third-order valence-corrected chi connectivity index (χ3v) is 3.23. The minimum absolute atomic E-state index is 0.0829. The molecule has 1 aromatic carbocycles. The molecule has 0 aliphatic rings. The van der Waals surface area contributed by atoms with Crippen LogP contribution in [0.25, 0.3) is 0 Å². The molecule has 0 saturated heterocycles. The summed E-state index contributed by atoms with van der Waals surface area (Å²) >= 11 is 2.06. The van der Waals surface area contributed by atoms with Crippen molar-refractivity contribution in [3.05, 3.63) is 61.5 Å². The van der Waals surface area contributed by atoms with Gasteiger partial charge in [-0.25, -0.2) is 0 Å². The third-order valence-electron chi connectivity index (χ3n) is 2.56. The Kier molecular flexibility index (Phi) is 4.31. The number of nitro benzene ring substituents is 1. The summed E-state index contributed by atoms with van der Waals surface area (Å²) in [6, 6.07) is 10.8. The van der Waals surface area contributed by atoms with Crippen LogP contribution in [-0.4, -0.2) is 9.91 Å². The van der Waals surface area contributed by atoms with E-state index in [-0.39, 0.29) is 10.6 Å². The van der Waals surface area contributed by atoms with Crippen molar-refractivity contribution in [1.82, 2.24) is 4.98 Å². The number of nitro groups is 1. The summed E-state index contributed by atoms with van der Waals surface area (Å²) in [6.45, 7) is 2.37. The molecule has 0 spiro atoms. The summed E-state index contributed by atoms with van der Waals surface area (Å²) in [7, 11) is 0. The Morgan fingerprint density at radius 1 is 1.37 bits per heavy atom. The Bertz CT molecular complexity index is 617. The van der Waals surface area contributed by atoms with Crippen molar-refractivity contribution >= 4 is 34.0 Å². The van der Waals surface area contributed by atoms with E-state index < -0.39 is 0 Å². The number of rotatable bonds is 4. The lowest BCUT2D eigenvalue weighted by atomic mass is 10.2. The van der Waals surface area contributed by atoms with Crippen LogP contribution in [0.15, 0.2) is 36.4 Å². The van der Waals surface area contributed by atoms with E-state index in [0.717, 1.165) is 15.0 Å². The zero-order chi connectivity index (χ0) is 13.8. The Labute approximate surface area is 124 Å². The van der Waals surface area contributed by atoms with E-state index in [0.29, 0.717) is 12.2 Å². The topological polar surface area (TPSA) is 68.1 Å². The van der Waals surface area contributed by atoms with Crippen molar-refractivity contribution in [2.45, 2.75) is 13.5 Å². The van der Waals surface area contributed by atoms with E-state index in [9.17, 15) is 10.1 Å². The van der Waals surface area contributed by atoms with Crippen LogP contribution in [0.5, 0.6) is 0 Å². The molecular weight excluding hydrogens is 357 g/mol. The highest BCUT2D eigenvalue weighted by molar-refractivity contribution is 14.1. The molecule has 98 valence electrons. The number of nitrogens with one attached hydrogen (secondary N) is 1. The molecule has 1 heterocycles. The van der Waals surface area contributed by atoms with Gasteiger partial charge in [0.1, 0.15) is 5.69 Å². The molecular formula is C13H12IN3O2. The lowest BCUT2D eigenvalue weighted by Crippen LogP contribution is -2.04. The molecule has 6 heteroatoms. The molecule has 0 atom stereocenters. The summed E-state index contributed by atoms with van der Waals surface area (Å²) in [4.78, 5) is 15.0. The van der Waals surface area contributed by atoms with Gasteiger partial charge < -0.3 is 5.32 Å². The zero-order valence-electron chi connectivity index (χ0n) is 10.3. The quantitative estimate of drug-likeness (QED) is 0.509. The number of aryl methyl sites for hydroxylation is 1. The number of benzene rings is 1. The van der Waals surface area contributed by atoms with Gasteiger partial charge in [0.2, 0.25) is 0 Å². The van der Waals surface area contributed by atoms with Gasteiger partial charge in [0.15, 0.2) is 0 Å². The maximum atomic E-state index is 11.0. The van der Waals surface area contributed by atoms with Crippen LogP contribution < -0.4 is 5.32 Å². The molecule has 2 rings (SSSR count). The first-order valence-electron chi connectivity index (χ1n) is 5.66. The average Bonchev–Trinajstić information content (AvgIpc) is 2.37. The van der Waals surface area contributed by atoms with Crippen LogP contribution in [0.1, 0.15) is 11.4 Å². The Morgan fingerprint density at radius 2 is 2.16 bits per heavy atom. The molecule has 0 radical (unpaired) electrons. The summed E-state index contributed by atoms with van der Waals surface area (Å²) in [5, 5.41) is 14.0. The molecule has 2 aromatic rings. The molecule has 19 heavy (non-hydrogen) atoms. The molecule has 0 amide bonds. The number of halogens is 1. The van der Waals surface area contributed by atoms with Crippen LogP contribution in [0.4, 0.5) is 11.4 Å². The van der Waals surface area contributed by atoms with E-state index in [1.807, 2.05) is 31.2 Å². The fourth-order valence-electron chi connectivity index (χ4n) is 1.69. The molecule has 0 unspecified atom stereocenters. The third kappa shape index (κ3) is 3.63. The highest BCUT2D eigenvalue weighted by Gasteiger charge is 2.13. The minimum Gasteiger partial charge on any atom is -0.374 e. The van der Waals surface area contributed by atoms with Gasteiger partial charge in [0, 0.05) is 15.3 Å². The molecule has 0 bridgehead atoms. The molecule has 1 N–H and O–H groups in total. The number of aromatic nitrogens is 1. The van der Waals surface area contributed by atoms with Gasteiger partial charge >= 0.3 is 0 Å². The fourth-order valence-corrected chi connectivity index (χ4v) is 2.16. The SMILES string of the molecule is Cc1cccc(CNc2ccc(I)cc2[N+](=O)[O-])n1. The maximum absolute atomic E-state index is 11.0. The number of nitrogens with zero attached hydrogens (tertiary/aromatic N) is 2. The Morgan fingerprint density at radius 3 is 2.84 bits per heavy atom. The second-order valence-corrected chi connectivity index (χ2v) is 5.29. The normalized spacial score (nSPS) is 10.2. The smallest absolute Gasteiger partial charge is 0.293 e. The summed E-state index contributed by atoms with van der Waals surface area (Å²) < 4.78 is 0.837. The predicted molar refractivity (Wildman–Crippen MR) is 82.1 cm³/mol. The van der Waals surface area contributed by atoms with Crippen molar-refractivity contribution < 1.29 is 4.92 Å².